The molecule has 0 saturated heterocycles. The fourth-order valence-corrected chi connectivity index (χ4v) is 1.95. The molecule has 0 fully saturated rings. The lowest BCUT2D eigenvalue weighted by Gasteiger charge is -2.10. The van der Waals surface area contributed by atoms with Gasteiger partial charge in [0.15, 0.2) is 0 Å². The monoisotopic (exact) mass is 349 g/mol. The molecule has 0 aliphatic heterocycles. The van der Waals surface area contributed by atoms with Crippen LogP contribution in [-0.4, -0.2) is 28.2 Å². The van der Waals surface area contributed by atoms with Gasteiger partial charge in [-0.1, -0.05) is 18.7 Å². The molecule has 0 saturated carbocycles. The standard InChI is InChI=1S/C14H16BrN5O/c1-9(16)10-2-4-11(5-3-10)19-14-18-8-12(15)13(20-14)17-6-7-21/h2-5,8,21H,1,6-7,16H2,(H2,17,18,19,20). The smallest absolute Gasteiger partial charge is 0.229 e. The molecule has 2 aromatic rings. The zero-order valence-electron chi connectivity index (χ0n) is 11.3. The molecule has 1 aromatic heterocycles. The maximum atomic E-state index is 8.84. The predicted octanol–water partition coefficient (Wildman–Crippen LogP) is 2.32. The highest BCUT2D eigenvalue weighted by Gasteiger charge is 2.05. The molecule has 21 heavy (non-hydrogen) atoms. The van der Waals surface area contributed by atoms with Crippen molar-refractivity contribution in [2.75, 3.05) is 23.8 Å². The molecule has 0 unspecified atom stereocenters. The van der Waals surface area contributed by atoms with Gasteiger partial charge in [-0.3, -0.25) is 0 Å². The van der Waals surface area contributed by atoms with E-state index in [4.69, 9.17) is 10.8 Å². The van der Waals surface area contributed by atoms with Gasteiger partial charge in [0, 0.05) is 24.1 Å². The molecule has 110 valence electrons. The Morgan fingerprint density at radius 2 is 2.05 bits per heavy atom. The molecule has 0 atom stereocenters. The van der Waals surface area contributed by atoms with E-state index in [9.17, 15) is 0 Å². The van der Waals surface area contributed by atoms with Gasteiger partial charge in [-0.05, 0) is 33.6 Å². The van der Waals surface area contributed by atoms with Crippen molar-refractivity contribution in [2.45, 2.75) is 0 Å². The van der Waals surface area contributed by atoms with Crippen LogP contribution in [0.1, 0.15) is 5.56 Å². The number of benzene rings is 1. The molecule has 0 aliphatic rings. The van der Waals surface area contributed by atoms with Crippen molar-refractivity contribution in [3.63, 3.8) is 0 Å². The van der Waals surface area contributed by atoms with Gasteiger partial charge in [-0.15, -0.1) is 0 Å². The second-order valence-electron chi connectivity index (χ2n) is 4.27. The molecular weight excluding hydrogens is 334 g/mol. The van der Waals surface area contributed by atoms with Gasteiger partial charge in [0.25, 0.3) is 0 Å². The van der Waals surface area contributed by atoms with E-state index in [1.54, 1.807) is 6.20 Å². The Balaban J connectivity index is 2.13. The van der Waals surface area contributed by atoms with E-state index >= 15 is 0 Å². The lowest BCUT2D eigenvalue weighted by Crippen LogP contribution is -2.09. The first-order valence-corrected chi connectivity index (χ1v) is 7.08. The number of hydrogen-bond acceptors (Lipinski definition) is 6. The Morgan fingerprint density at radius 3 is 2.67 bits per heavy atom. The summed E-state index contributed by atoms with van der Waals surface area (Å²) in [6.45, 7) is 4.14. The topological polar surface area (TPSA) is 96.1 Å². The van der Waals surface area contributed by atoms with Crippen LogP contribution in [0.5, 0.6) is 0 Å². The Hall–Kier alpha value is -2.12. The minimum absolute atomic E-state index is 0.0314. The third-order valence-electron chi connectivity index (χ3n) is 2.66. The number of rotatable bonds is 6. The average molecular weight is 350 g/mol. The van der Waals surface area contributed by atoms with Crippen molar-refractivity contribution in [2.24, 2.45) is 5.73 Å². The van der Waals surface area contributed by atoms with E-state index in [2.05, 4.69) is 43.1 Å². The molecule has 0 amide bonds. The molecule has 2 rings (SSSR count). The third kappa shape index (κ3) is 4.17. The maximum absolute atomic E-state index is 8.84. The average Bonchev–Trinajstić information content (AvgIpc) is 2.48. The summed E-state index contributed by atoms with van der Waals surface area (Å²) in [5.74, 6) is 1.08. The highest BCUT2D eigenvalue weighted by Crippen LogP contribution is 2.22. The normalized spacial score (nSPS) is 10.2. The van der Waals surface area contributed by atoms with Gasteiger partial charge in [0.1, 0.15) is 5.82 Å². The Bertz CT molecular complexity index is 630. The van der Waals surface area contributed by atoms with E-state index in [0.717, 1.165) is 15.7 Å². The number of nitrogens with one attached hydrogen (secondary N) is 2. The quantitative estimate of drug-likeness (QED) is 0.639. The zero-order valence-corrected chi connectivity index (χ0v) is 12.9. The molecular formula is C14H16BrN5O. The second-order valence-corrected chi connectivity index (χ2v) is 5.12. The largest absolute Gasteiger partial charge is 0.399 e. The number of hydrogen-bond donors (Lipinski definition) is 4. The number of nitrogens with zero attached hydrogens (tertiary/aromatic N) is 2. The van der Waals surface area contributed by atoms with E-state index in [-0.39, 0.29) is 6.61 Å². The van der Waals surface area contributed by atoms with E-state index in [1.807, 2.05) is 24.3 Å². The number of nitrogens with two attached hydrogens (primary N) is 1. The molecule has 5 N–H and O–H groups in total. The van der Waals surface area contributed by atoms with Crippen molar-refractivity contribution in [3.8, 4) is 0 Å². The van der Waals surface area contributed by atoms with Crippen molar-refractivity contribution < 1.29 is 5.11 Å². The summed E-state index contributed by atoms with van der Waals surface area (Å²) in [6, 6.07) is 7.49. The first-order chi connectivity index (χ1) is 10.1. The predicted molar refractivity (Wildman–Crippen MR) is 88.3 cm³/mol. The van der Waals surface area contributed by atoms with Crippen LogP contribution in [0.4, 0.5) is 17.5 Å². The van der Waals surface area contributed by atoms with Crippen LogP contribution in [0.15, 0.2) is 41.5 Å². The van der Waals surface area contributed by atoms with E-state index in [1.165, 1.54) is 0 Å². The summed E-state index contributed by atoms with van der Waals surface area (Å²) in [4.78, 5) is 8.52. The minimum Gasteiger partial charge on any atom is -0.399 e. The van der Waals surface area contributed by atoms with Crippen LogP contribution < -0.4 is 16.4 Å². The molecule has 6 nitrogen and oxygen atoms in total. The fourth-order valence-electron chi connectivity index (χ4n) is 1.62. The molecule has 0 radical (unpaired) electrons. The molecule has 0 aliphatic carbocycles. The van der Waals surface area contributed by atoms with Gasteiger partial charge >= 0.3 is 0 Å². The van der Waals surface area contributed by atoms with Crippen molar-refractivity contribution in [1.82, 2.24) is 9.97 Å². The van der Waals surface area contributed by atoms with Crippen molar-refractivity contribution in [1.29, 1.82) is 0 Å². The summed E-state index contributed by atoms with van der Waals surface area (Å²) in [5.41, 5.74) is 7.87. The molecule has 1 aromatic carbocycles. The summed E-state index contributed by atoms with van der Waals surface area (Å²) < 4.78 is 0.733. The SMILES string of the molecule is C=C(N)c1ccc(Nc2ncc(Br)c(NCCO)n2)cc1. The summed E-state index contributed by atoms with van der Waals surface area (Å²) in [5, 5.41) is 14.9. The number of anilines is 3. The highest BCUT2D eigenvalue weighted by atomic mass is 79.9. The second kappa shape index (κ2) is 7.05. The Morgan fingerprint density at radius 1 is 1.33 bits per heavy atom. The van der Waals surface area contributed by atoms with Gasteiger partial charge < -0.3 is 21.5 Å². The third-order valence-corrected chi connectivity index (χ3v) is 3.24. The Kier molecular flexibility index (Phi) is 5.13. The van der Waals surface area contributed by atoms with Crippen molar-refractivity contribution >= 4 is 39.1 Å². The van der Waals surface area contributed by atoms with Gasteiger partial charge in [0.2, 0.25) is 5.95 Å². The molecule has 0 spiro atoms. The van der Waals surface area contributed by atoms with Gasteiger partial charge in [0.05, 0.1) is 11.1 Å². The lowest BCUT2D eigenvalue weighted by molar-refractivity contribution is 0.311. The van der Waals surface area contributed by atoms with E-state index in [0.29, 0.717) is 24.0 Å². The molecule has 0 bridgehead atoms. The number of aliphatic hydroxyl groups is 1. The van der Waals surface area contributed by atoms with Gasteiger partial charge in [-0.2, -0.15) is 4.98 Å². The lowest BCUT2D eigenvalue weighted by atomic mass is 10.1. The first kappa shape index (κ1) is 15.3. The summed E-state index contributed by atoms with van der Waals surface area (Å²) >= 11 is 3.35. The first-order valence-electron chi connectivity index (χ1n) is 6.29. The zero-order chi connectivity index (χ0) is 15.2. The van der Waals surface area contributed by atoms with Gasteiger partial charge in [-0.25, -0.2) is 4.98 Å². The summed E-state index contributed by atoms with van der Waals surface area (Å²) in [7, 11) is 0. The number of aromatic nitrogens is 2. The number of halogens is 1. The Labute approximate surface area is 131 Å². The molecule has 1 heterocycles. The van der Waals surface area contributed by atoms with Crippen LogP contribution >= 0.6 is 15.9 Å². The minimum atomic E-state index is 0.0314. The van der Waals surface area contributed by atoms with Crippen LogP contribution in [0, 0.1) is 0 Å². The van der Waals surface area contributed by atoms with Crippen molar-refractivity contribution in [3.05, 3.63) is 47.1 Å². The number of aliphatic hydroxyl groups excluding tert-OH is 1. The summed E-state index contributed by atoms with van der Waals surface area (Å²) in [6.07, 6.45) is 1.64. The van der Waals surface area contributed by atoms with Crippen LogP contribution in [-0.2, 0) is 0 Å². The van der Waals surface area contributed by atoms with Crippen LogP contribution in [0.2, 0.25) is 0 Å². The van der Waals surface area contributed by atoms with E-state index < -0.39 is 0 Å². The highest BCUT2D eigenvalue weighted by molar-refractivity contribution is 9.10. The maximum Gasteiger partial charge on any atom is 0.229 e. The molecule has 7 heteroatoms. The fraction of sp³-hybridized carbons (Fsp3) is 0.143. The van der Waals surface area contributed by atoms with Crippen LogP contribution in [0.25, 0.3) is 5.70 Å². The van der Waals surface area contributed by atoms with Crippen LogP contribution in [0.3, 0.4) is 0 Å².